The van der Waals surface area contributed by atoms with Gasteiger partial charge in [0.15, 0.2) is 10.4 Å². The summed E-state index contributed by atoms with van der Waals surface area (Å²) in [4.78, 5) is 14.5. The number of carbonyl (C=O) groups excluding carboxylic acids is 1. The Morgan fingerprint density at radius 2 is 2.32 bits per heavy atom. The summed E-state index contributed by atoms with van der Waals surface area (Å²) >= 11 is 5.44. The number of piperidine rings is 1. The Labute approximate surface area is 115 Å². The number of aromatic nitrogens is 4. The number of hydrogen-bond donors (Lipinski definition) is 2. The molecule has 6 nitrogen and oxygen atoms in total. The highest BCUT2D eigenvalue weighted by atomic mass is 32.1. The lowest BCUT2D eigenvalue weighted by Crippen LogP contribution is -2.36. The first-order valence-electron chi connectivity index (χ1n) is 6.56. The van der Waals surface area contributed by atoms with Crippen molar-refractivity contribution in [2.75, 3.05) is 6.54 Å². The Hall–Kier alpha value is -1.63. The summed E-state index contributed by atoms with van der Waals surface area (Å²) in [5.41, 5.74) is 3.00. The van der Waals surface area contributed by atoms with Crippen molar-refractivity contribution in [3.63, 3.8) is 0 Å². The van der Waals surface area contributed by atoms with Crippen molar-refractivity contribution in [3.8, 4) is 0 Å². The van der Waals surface area contributed by atoms with Gasteiger partial charge in [-0.15, -0.1) is 0 Å². The van der Waals surface area contributed by atoms with Crippen molar-refractivity contribution in [2.45, 2.75) is 39.3 Å². The maximum atomic E-state index is 11.3. The number of aryl methyl sites for hydroxylation is 2. The van der Waals surface area contributed by atoms with E-state index in [9.17, 15) is 4.79 Å². The van der Waals surface area contributed by atoms with Crippen LogP contribution in [0.25, 0.3) is 11.2 Å². The standard InChI is InChI=1S/C12H17N5OS/c1-3-16-11-10(7(2)15-16)14-12(19)17(11)8-4-5-9(18)13-6-8/h8H,3-6H2,1-2H3,(H,13,18)(H,14,19). The van der Waals surface area contributed by atoms with Gasteiger partial charge in [-0.1, -0.05) is 0 Å². The third-order valence-corrected chi connectivity index (χ3v) is 3.98. The average Bonchev–Trinajstić information content (AvgIpc) is 2.88. The Morgan fingerprint density at radius 3 is 2.95 bits per heavy atom. The van der Waals surface area contributed by atoms with Crippen LogP contribution in [0, 0.1) is 11.7 Å². The number of hydrogen-bond acceptors (Lipinski definition) is 3. The Bertz CT molecular complexity index is 685. The van der Waals surface area contributed by atoms with Gasteiger partial charge in [0, 0.05) is 19.5 Å². The molecule has 0 saturated carbocycles. The van der Waals surface area contributed by atoms with E-state index in [-0.39, 0.29) is 11.9 Å². The van der Waals surface area contributed by atoms with Gasteiger partial charge in [-0.25, -0.2) is 4.68 Å². The molecule has 1 atom stereocenters. The highest BCUT2D eigenvalue weighted by Crippen LogP contribution is 2.25. The SMILES string of the molecule is CCn1nc(C)c2[nH]c(=S)n(C3CCC(=O)NC3)c21. The predicted octanol–water partition coefficient (Wildman–Crippen LogP) is 1.67. The number of imidazole rings is 1. The highest BCUT2D eigenvalue weighted by Gasteiger charge is 2.24. The highest BCUT2D eigenvalue weighted by molar-refractivity contribution is 7.71. The minimum absolute atomic E-state index is 0.120. The monoisotopic (exact) mass is 279 g/mol. The number of nitrogens with one attached hydrogen (secondary N) is 2. The fourth-order valence-electron chi connectivity index (χ4n) is 2.72. The van der Waals surface area contributed by atoms with E-state index >= 15 is 0 Å². The van der Waals surface area contributed by atoms with Gasteiger partial charge in [-0.05, 0) is 32.5 Å². The van der Waals surface area contributed by atoms with Gasteiger partial charge in [-0.2, -0.15) is 5.10 Å². The molecular weight excluding hydrogens is 262 g/mol. The molecule has 7 heteroatoms. The molecule has 1 unspecified atom stereocenters. The first-order valence-corrected chi connectivity index (χ1v) is 6.97. The third-order valence-electron chi connectivity index (χ3n) is 3.68. The molecule has 2 aromatic heterocycles. The number of fused-ring (bicyclic) bond motifs is 1. The van der Waals surface area contributed by atoms with Crippen LogP contribution in [0.4, 0.5) is 0 Å². The molecule has 3 rings (SSSR count). The molecule has 1 aliphatic heterocycles. The van der Waals surface area contributed by atoms with Crippen LogP contribution in [0.1, 0.15) is 31.5 Å². The normalized spacial score (nSPS) is 19.9. The van der Waals surface area contributed by atoms with E-state index in [1.54, 1.807) is 0 Å². The maximum absolute atomic E-state index is 11.3. The molecule has 1 saturated heterocycles. The van der Waals surface area contributed by atoms with Crippen LogP contribution < -0.4 is 5.32 Å². The molecule has 0 aromatic carbocycles. The second-order valence-electron chi connectivity index (χ2n) is 4.90. The van der Waals surface area contributed by atoms with Gasteiger partial charge in [0.2, 0.25) is 5.91 Å². The van der Waals surface area contributed by atoms with Crippen LogP contribution in [-0.4, -0.2) is 31.8 Å². The van der Waals surface area contributed by atoms with Crippen LogP contribution >= 0.6 is 12.2 Å². The fraction of sp³-hybridized carbons (Fsp3) is 0.583. The third kappa shape index (κ3) is 1.88. The number of rotatable bonds is 2. The first kappa shape index (κ1) is 12.4. The molecule has 102 valence electrons. The lowest BCUT2D eigenvalue weighted by Gasteiger charge is -2.24. The van der Waals surface area contributed by atoms with Gasteiger partial charge in [-0.3, -0.25) is 9.36 Å². The molecule has 2 aromatic rings. The van der Waals surface area contributed by atoms with Gasteiger partial charge >= 0.3 is 0 Å². The van der Waals surface area contributed by atoms with Gasteiger partial charge < -0.3 is 10.3 Å². The summed E-state index contributed by atoms with van der Waals surface area (Å²) in [7, 11) is 0. The molecule has 2 N–H and O–H groups in total. The average molecular weight is 279 g/mol. The first-order chi connectivity index (χ1) is 9.11. The Morgan fingerprint density at radius 1 is 1.53 bits per heavy atom. The summed E-state index contributed by atoms with van der Waals surface area (Å²) in [6, 6.07) is 0.209. The number of H-pyrrole nitrogens is 1. The van der Waals surface area contributed by atoms with E-state index in [4.69, 9.17) is 12.2 Å². The molecule has 0 aliphatic carbocycles. The molecule has 19 heavy (non-hydrogen) atoms. The van der Waals surface area contributed by atoms with Crippen molar-refractivity contribution in [3.05, 3.63) is 10.5 Å². The minimum Gasteiger partial charge on any atom is -0.354 e. The quantitative estimate of drug-likeness (QED) is 0.822. The second-order valence-corrected chi connectivity index (χ2v) is 5.28. The van der Waals surface area contributed by atoms with Crippen molar-refractivity contribution >= 4 is 29.3 Å². The van der Waals surface area contributed by atoms with Crippen LogP contribution in [0.3, 0.4) is 0 Å². The Kier molecular flexibility index (Phi) is 2.93. The molecule has 1 fully saturated rings. The summed E-state index contributed by atoms with van der Waals surface area (Å²) in [5.74, 6) is 0.120. The zero-order valence-corrected chi connectivity index (χ0v) is 11.9. The topological polar surface area (TPSA) is 67.6 Å². The number of carbonyl (C=O) groups is 1. The van der Waals surface area contributed by atoms with Gasteiger partial charge in [0.1, 0.15) is 5.52 Å². The fourth-order valence-corrected chi connectivity index (χ4v) is 3.06. The number of amides is 1. The van der Waals surface area contributed by atoms with Crippen molar-refractivity contribution in [1.29, 1.82) is 0 Å². The van der Waals surface area contributed by atoms with E-state index in [2.05, 4.69) is 26.9 Å². The Balaban J connectivity index is 2.14. The summed E-state index contributed by atoms with van der Waals surface area (Å²) < 4.78 is 4.78. The number of nitrogens with zero attached hydrogens (tertiary/aromatic N) is 3. The summed E-state index contributed by atoms with van der Waals surface area (Å²) in [6.07, 6.45) is 1.37. The summed E-state index contributed by atoms with van der Waals surface area (Å²) in [5, 5.41) is 7.42. The van der Waals surface area contributed by atoms with E-state index in [1.807, 2.05) is 11.6 Å². The molecular formula is C12H17N5OS. The number of aromatic amines is 1. The predicted molar refractivity (Wildman–Crippen MR) is 74.6 cm³/mol. The van der Waals surface area contributed by atoms with Crippen LogP contribution in [-0.2, 0) is 11.3 Å². The zero-order chi connectivity index (χ0) is 13.6. The molecule has 1 aliphatic rings. The van der Waals surface area contributed by atoms with E-state index < -0.39 is 0 Å². The molecule has 0 bridgehead atoms. The summed E-state index contributed by atoms with van der Waals surface area (Å²) in [6.45, 7) is 5.48. The van der Waals surface area contributed by atoms with Crippen LogP contribution in [0.5, 0.6) is 0 Å². The van der Waals surface area contributed by atoms with Crippen molar-refractivity contribution in [2.24, 2.45) is 0 Å². The van der Waals surface area contributed by atoms with E-state index in [1.165, 1.54) is 0 Å². The van der Waals surface area contributed by atoms with Crippen molar-refractivity contribution < 1.29 is 4.79 Å². The lowest BCUT2D eigenvalue weighted by atomic mass is 10.1. The van der Waals surface area contributed by atoms with Gasteiger partial charge in [0.05, 0.1) is 11.7 Å². The maximum Gasteiger partial charge on any atom is 0.220 e. The molecule has 1 amide bonds. The largest absolute Gasteiger partial charge is 0.354 e. The zero-order valence-electron chi connectivity index (χ0n) is 11.1. The smallest absolute Gasteiger partial charge is 0.220 e. The van der Waals surface area contributed by atoms with Crippen LogP contribution in [0.15, 0.2) is 0 Å². The van der Waals surface area contributed by atoms with E-state index in [0.29, 0.717) is 17.7 Å². The van der Waals surface area contributed by atoms with Crippen molar-refractivity contribution in [1.82, 2.24) is 24.6 Å². The molecule has 0 radical (unpaired) electrons. The van der Waals surface area contributed by atoms with E-state index in [0.717, 1.165) is 29.8 Å². The minimum atomic E-state index is 0.120. The second kappa shape index (κ2) is 4.48. The van der Waals surface area contributed by atoms with Crippen LogP contribution in [0.2, 0.25) is 0 Å². The molecule has 3 heterocycles. The van der Waals surface area contributed by atoms with Gasteiger partial charge in [0.25, 0.3) is 0 Å². The lowest BCUT2D eigenvalue weighted by molar-refractivity contribution is -0.122. The molecule has 0 spiro atoms.